The number of benzene rings is 2. The molecule has 0 amide bonds. The number of hydrogen-bond acceptors (Lipinski definition) is 6. The number of nitrogens with zero attached hydrogens (tertiary/aromatic N) is 1. The summed E-state index contributed by atoms with van der Waals surface area (Å²) in [7, 11) is -4.27. The molecule has 0 bridgehead atoms. The molecule has 1 aromatic heterocycles. The van der Waals surface area contributed by atoms with Gasteiger partial charge in [-0.15, -0.1) is 0 Å². The predicted molar refractivity (Wildman–Crippen MR) is 99.7 cm³/mol. The second-order valence-electron chi connectivity index (χ2n) is 5.89. The van der Waals surface area contributed by atoms with Gasteiger partial charge in [0.2, 0.25) is 0 Å². The third-order valence-corrected chi connectivity index (χ3v) is 5.37. The van der Waals surface area contributed by atoms with E-state index in [0.29, 0.717) is 16.7 Å². The van der Waals surface area contributed by atoms with Gasteiger partial charge in [-0.05, 0) is 48.4 Å². The first kappa shape index (κ1) is 19.1. The molecule has 10 heteroatoms. The highest BCUT2D eigenvalue weighted by molar-refractivity contribution is 7.92. The number of rotatable bonds is 6. The van der Waals surface area contributed by atoms with Crippen molar-refractivity contribution in [2.75, 3.05) is 4.72 Å². The summed E-state index contributed by atoms with van der Waals surface area (Å²) in [4.78, 5) is 21.5. The van der Waals surface area contributed by atoms with Crippen LogP contribution in [0.25, 0.3) is 11.1 Å². The molecule has 0 fully saturated rings. The highest BCUT2D eigenvalue weighted by Crippen LogP contribution is 2.35. The molecular formula is C18H14N2O7S. The number of hydrogen-bond donors (Lipinski definition) is 2. The van der Waals surface area contributed by atoms with E-state index in [4.69, 9.17) is 9.52 Å². The molecule has 144 valence electrons. The number of anilines is 1. The minimum atomic E-state index is -4.27. The number of aryl methyl sites for hydroxylation is 1. The van der Waals surface area contributed by atoms with E-state index in [9.17, 15) is 23.3 Å². The zero-order valence-electron chi connectivity index (χ0n) is 14.4. The van der Waals surface area contributed by atoms with Crippen LogP contribution in [0.1, 0.15) is 15.9 Å². The van der Waals surface area contributed by atoms with Gasteiger partial charge in [0.1, 0.15) is 5.69 Å². The van der Waals surface area contributed by atoms with E-state index in [0.717, 1.165) is 6.07 Å². The van der Waals surface area contributed by atoms with Gasteiger partial charge in [0.05, 0.1) is 27.9 Å². The van der Waals surface area contributed by atoms with Gasteiger partial charge in [-0.1, -0.05) is 6.07 Å². The van der Waals surface area contributed by atoms with Crippen molar-refractivity contribution in [3.63, 3.8) is 0 Å². The van der Waals surface area contributed by atoms with Crippen LogP contribution >= 0.6 is 0 Å². The van der Waals surface area contributed by atoms with E-state index >= 15 is 0 Å². The number of nitrogens with one attached hydrogen (secondary N) is 1. The summed E-state index contributed by atoms with van der Waals surface area (Å²) in [5.74, 6) is -1.29. The van der Waals surface area contributed by atoms with Crippen LogP contribution in [-0.2, 0) is 10.0 Å². The third kappa shape index (κ3) is 3.71. The van der Waals surface area contributed by atoms with E-state index in [1.165, 1.54) is 42.9 Å². The average Bonchev–Trinajstić information content (AvgIpc) is 3.17. The molecule has 0 saturated heterocycles. The molecule has 0 saturated carbocycles. The number of carbonyl (C=O) groups is 1. The molecule has 0 aliphatic heterocycles. The molecule has 28 heavy (non-hydrogen) atoms. The molecule has 2 aromatic carbocycles. The molecule has 0 unspecified atom stereocenters. The fourth-order valence-corrected chi connectivity index (χ4v) is 3.76. The molecule has 3 aromatic rings. The van der Waals surface area contributed by atoms with E-state index in [-0.39, 0.29) is 16.1 Å². The van der Waals surface area contributed by atoms with Crippen LogP contribution in [0.5, 0.6) is 0 Å². The number of carboxylic acid groups (broad SMARTS) is 1. The maximum atomic E-state index is 12.7. The van der Waals surface area contributed by atoms with E-state index in [1.54, 1.807) is 13.0 Å². The zero-order valence-corrected chi connectivity index (χ0v) is 15.3. The quantitative estimate of drug-likeness (QED) is 0.473. The molecule has 0 radical (unpaired) electrons. The van der Waals surface area contributed by atoms with Gasteiger partial charge in [-0.3, -0.25) is 14.8 Å². The number of sulfonamides is 1. The summed E-state index contributed by atoms with van der Waals surface area (Å²) in [6.07, 6.45) is 2.86. The van der Waals surface area contributed by atoms with Crippen LogP contribution in [0.15, 0.2) is 64.3 Å². The first-order chi connectivity index (χ1) is 13.2. The van der Waals surface area contributed by atoms with Crippen LogP contribution < -0.4 is 4.72 Å². The summed E-state index contributed by atoms with van der Waals surface area (Å²) in [5.41, 5.74) is 0.844. The molecule has 9 nitrogen and oxygen atoms in total. The maximum absolute atomic E-state index is 12.7. The summed E-state index contributed by atoms with van der Waals surface area (Å²) in [5, 5.41) is 20.5. The van der Waals surface area contributed by atoms with Gasteiger partial charge < -0.3 is 9.52 Å². The normalized spacial score (nSPS) is 11.2. The number of nitro groups is 1. The van der Waals surface area contributed by atoms with Crippen molar-refractivity contribution in [1.82, 2.24) is 0 Å². The molecule has 0 aliphatic carbocycles. The van der Waals surface area contributed by atoms with Gasteiger partial charge >= 0.3 is 5.97 Å². The molecular weight excluding hydrogens is 388 g/mol. The second-order valence-corrected chi connectivity index (χ2v) is 7.57. The molecule has 2 N–H and O–H groups in total. The summed E-state index contributed by atoms with van der Waals surface area (Å²) in [6, 6.07) is 8.94. The standard InChI is InChI=1S/C18H14N2O7S/c1-11-7-17(20(23)24)16(9-15(11)13-5-6-27-10-13)19-28(25,26)14-4-2-3-12(8-14)18(21)22/h2-10,19H,1H3,(H,21,22). The second kappa shape index (κ2) is 7.16. The summed E-state index contributed by atoms with van der Waals surface area (Å²) < 4.78 is 32.6. The monoisotopic (exact) mass is 402 g/mol. The van der Waals surface area contributed by atoms with Crippen LogP contribution in [0, 0.1) is 17.0 Å². The Morgan fingerprint density at radius 2 is 1.96 bits per heavy atom. The Balaban J connectivity index is 2.10. The van der Waals surface area contributed by atoms with Gasteiger partial charge in [-0.25, -0.2) is 13.2 Å². The maximum Gasteiger partial charge on any atom is 0.335 e. The van der Waals surface area contributed by atoms with Crippen molar-refractivity contribution in [2.45, 2.75) is 11.8 Å². The van der Waals surface area contributed by atoms with Crippen LogP contribution in [-0.4, -0.2) is 24.4 Å². The first-order valence-corrected chi connectivity index (χ1v) is 9.35. The van der Waals surface area contributed by atoms with Gasteiger partial charge in [-0.2, -0.15) is 0 Å². The molecule has 1 heterocycles. The Kier molecular flexibility index (Phi) is 4.89. The fraction of sp³-hybridized carbons (Fsp3) is 0.0556. The predicted octanol–water partition coefficient (Wildman–Crippen LogP) is 3.66. The van der Waals surface area contributed by atoms with Gasteiger partial charge in [0, 0.05) is 11.6 Å². The number of nitro benzene ring substituents is 1. The lowest BCUT2D eigenvalue weighted by Crippen LogP contribution is -2.15. The minimum Gasteiger partial charge on any atom is -0.478 e. The van der Waals surface area contributed by atoms with E-state index in [2.05, 4.69) is 4.72 Å². The van der Waals surface area contributed by atoms with Crippen molar-refractivity contribution < 1.29 is 27.7 Å². The van der Waals surface area contributed by atoms with Crippen LogP contribution in [0.4, 0.5) is 11.4 Å². The Hall–Kier alpha value is -3.66. The molecule has 0 atom stereocenters. The zero-order chi connectivity index (χ0) is 20.5. The summed E-state index contributed by atoms with van der Waals surface area (Å²) >= 11 is 0. The topological polar surface area (TPSA) is 140 Å². The number of furan rings is 1. The number of carboxylic acids is 1. The largest absolute Gasteiger partial charge is 0.478 e. The lowest BCUT2D eigenvalue weighted by Gasteiger charge is -2.12. The highest BCUT2D eigenvalue weighted by atomic mass is 32.2. The molecule has 0 spiro atoms. The average molecular weight is 402 g/mol. The molecule has 0 aliphatic rings. The fourth-order valence-electron chi connectivity index (χ4n) is 2.65. The SMILES string of the molecule is Cc1cc([N+](=O)[O-])c(NS(=O)(=O)c2cccc(C(=O)O)c2)cc1-c1ccoc1. The van der Waals surface area contributed by atoms with E-state index in [1.807, 2.05) is 0 Å². The first-order valence-electron chi connectivity index (χ1n) is 7.87. The lowest BCUT2D eigenvalue weighted by atomic mass is 10.0. The molecule has 3 rings (SSSR count). The Bertz CT molecular complexity index is 1170. The summed E-state index contributed by atoms with van der Waals surface area (Å²) in [6.45, 7) is 1.66. The van der Waals surface area contributed by atoms with Crippen molar-refractivity contribution in [3.8, 4) is 11.1 Å². The van der Waals surface area contributed by atoms with Gasteiger partial charge in [0.25, 0.3) is 15.7 Å². The van der Waals surface area contributed by atoms with Crippen LogP contribution in [0.3, 0.4) is 0 Å². The number of aromatic carboxylic acids is 1. The Labute approximate surface area is 159 Å². The van der Waals surface area contributed by atoms with Gasteiger partial charge in [0.15, 0.2) is 0 Å². The van der Waals surface area contributed by atoms with Crippen LogP contribution in [0.2, 0.25) is 0 Å². The van der Waals surface area contributed by atoms with Crippen molar-refractivity contribution >= 4 is 27.4 Å². The van der Waals surface area contributed by atoms with E-state index < -0.39 is 26.6 Å². The Morgan fingerprint density at radius 1 is 1.21 bits per heavy atom. The Morgan fingerprint density at radius 3 is 2.57 bits per heavy atom. The smallest absolute Gasteiger partial charge is 0.335 e. The van der Waals surface area contributed by atoms with Crippen molar-refractivity contribution in [3.05, 3.63) is 76.2 Å². The van der Waals surface area contributed by atoms with Crippen molar-refractivity contribution in [1.29, 1.82) is 0 Å². The van der Waals surface area contributed by atoms with Crippen molar-refractivity contribution in [2.24, 2.45) is 0 Å². The minimum absolute atomic E-state index is 0.222. The lowest BCUT2D eigenvalue weighted by molar-refractivity contribution is -0.383. The third-order valence-electron chi connectivity index (χ3n) is 4.01. The highest BCUT2D eigenvalue weighted by Gasteiger charge is 2.24.